The van der Waals surface area contributed by atoms with Crippen molar-refractivity contribution in [2.45, 2.75) is 6.92 Å². The van der Waals surface area contributed by atoms with E-state index in [-0.39, 0.29) is 5.78 Å². The molecule has 0 fully saturated rings. The predicted molar refractivity (Wildman–Crippen MR) is 26.5 cm³/mol. The van der Waals surface area contributed by atoms with Gasteiger partial charge in [0.25, 0.3) is 0 Å². The van der Waals surface area contributed by atoms with Crippen LogP contribution in [0.5, 0.6) is 0 Å². The second-order valence-electron chi connectivity index (χ2n) is 1.43. The highest BCUT2D eigenvalue weighted by molar-refractivity contribution is 5.91. The third kappa shape index (κ3) is 0.753. The average molecular weight is 111 g/mol. The van der Waals surface area contributed by atoms with E-state index >= 15 is 0 Å². The fourth-order valence-electron chi connectivity index (χ4n) is 0.386. The Morgan fingerprint density at radius 2 is 2.62 bits per heavy atom. The van der Waals surface area contributed by atoms with Crippen molar-refractivity contribution in [2.24, 2.45) is 0 Å². The Morgan fingerprint density at radius 1 is 1.88 bits per heavy atom. The van der Waals surface area contributed by atoms with Crippen molar-refractivity contribution in [3.63, 3.8) is 0 Å². The monoisotopic (exact) mass is 111 g/mol. The Morgan fingerprint density at radius 3 is 2.88 bits per heavy atom. The Labute approximate surface area is 46.3 Å². The molecule has 0 unspecified atom stereocenters. The number of oxazole rings is 1. The Kier molecular flexibility index (Phi) is 1.12. The third-order valence-electron chi connectivity index (χ3n) is 0.793. The molecule has 3 heteroatoms. The molecule has 0 aromatic carbocycles. The zero-order chi connectivity index (χ0) is 5.98. The number of aromatic nitrogens is 1. The van der Waals surface area contributed by atoms with Crippen molar-refractivity contribution in [1.82, 2.24) is 4.98 Å². The summed E-state index contributed by atoms with van der Waals surface area (Å²) in [5.74, 6) is -0.0706. The van der Waals surface area contributed by atoms with E-state index in [2.05, 4.69) is 9.40 Å². The van der Waals surface area contributed by atoms with Crippen LogP contribution in [0.4, 0.5) is 0 Å². The lowest BCUT2D eigenvalue weighted by Crippen LogP contribution is -1.89. The summed E-state index contributed by atoms with van der Waals surface area (Å²) < 4.78 is 4.54. The van der Waals surface area contributed by atoms with Gasteiger partial charge in [0.2, 0.25) is 0 Å². The van der Waals surface area contributed by atoms with E-state index in [1.807, 2.05) is 0 Å². The molecule has 0 aliphatic heterocycles. The summed E-state index contributed by atoms with van der Waals surface area (Å²) in [4.78, 5) is 14.0. The number of carbonyl (C=O) groups excluding carboxylic acids is 1. The third-order valence-corrected chi connectivity index (χ3v) is 0.793. The first-order chi connectivity index (χ1) is 3.80. The zero-order valence-electron chi connectivity index (χ0n) is 4.42. The van der Waals surface area contributed by atoms with Crippen LogP contribution < -0.4 is 0 Å². The van der Waals surface area contributed by atoms with Crippen LogP contribution in [-0.4, -0.2) is 10.8 Å². The summed E-state index contributed by atoms with van der Waals surface area (Å²) in [6.07, 6.45) is 2.55. The van der Waals surface area contributed by atoms with Crippen molar-refractivity contribution in [3.05, 3.63) is 18.4 Å². The molecule has 1 aromatic rings. The van der Waals surface area contributed by atoms with Crippen LogP contribution in [0.1, 0.15) is 17.4 Å². The summed E-state index contributed by atoms with van der Waals surface area (Å²) in [7, 11) is 0. The topological polar surface area (TPSA) is 43.1 Å². The maximum absolute atomic E-state index is 10.4. The van der Waals surface area contributed by atoms with Crippen LogP contribution in [0.3, 0.4) is 0 Å². The maximum Gasteiger partial charge on any atom is 0.181 e. The first-order valence-electron chi connectivity index (χ1n) is 2.20. The number of nitrogens with zero attached hydrogens (tertiary/aromatic N) is 1. The summed E-state index contributed by atoms with van der Waals surface area (Å²) in [6, 6.07) is 0. The lowest BCUT2D eigenvalue weighted by molar-refractivity contribution is 0.101. The van der Waals surface area contributed by atoms with Gasteiger partial charge in [0.15, 0.2) is 12.2 Å². The first-order valence-corrected chi connectivity index (χ1v) is 2.20. The van der Waals surface area contributed by atoms with E-state index in [4.69, 9.17) is 0 Å². The van der Waals surface area contributed by atoms with Gasteiger partial charge >= 0.3 is 0 Å². The highest BCUT2D eigenvalue weighted by atomic mass is 16.3. The number of carbonyl (C=O) groups is 1. The summed E-state index contributed by atoms with van der Waals surface area (Å²) in [5, 5.41) is 0. The van der Waals surface area contributed by atoms with Crippen molar-refractivity contribution in [2.75, 3.05) is 0 Å². The van der Waals surface area contributed by atoms with Gasteiger partial charge < -0.3 is 4.42 Å². The van der Waals surface area contributed by atoms with Crippen LogP contribution in [-0.2, 0) is 0 Å². The quantitative estimate of drug-likeness (QED) is 0.505. The molecular formula is C5H5NO2. The van der Waals surface area contributed by atoms with E-state index in [1.54, 1.807) is 0 Å². The van der Waals surface area contributed by atoms with E-state index in [9.17, 15) is 4.79 Å². The number of rotatable bonds is 1. The second kappa shape index (κ2) is 1.78. The Balaban J connectivity index is 2.93. The van der Waals surface area contributed by atoms with Gasteiger partial charge in [-0.2, -0.15) is 0 Å². The molecule has 1 rings (SSSR count). The van der Waals surface area contributed by atoms with E-state index in [0.29, 0.717) is 5.69 Å². The largest absolute Gasteiger partial charge is 0.451 e. The first kappa shape index (κ1) is 5.03. The van der Waals surface area contributed by atoms with Gasteiger partial charge in [-0.15, -0.1) is 0 Å². The minimum absolute atomic E-state index is 0.0706. The zero-order valence-corrected chi connectivity index (χ0v) is 4.42. The van der Waals surface area contributed by atoms with E-state index in [0.717, 1.165) is 0 Å². The lowest BCUT2D eigenvalue weighted by Gasteiger charge is -1.76. The van der Waals surface area contributed by atoms with Crippen LogP contribution >= 0.6 is 0 Å². The Hall–Kier alpha value is -1.12. The summed E-state index contributed by atoms with van der Waals surface area (Å²) in [6.45, 7) is 1.44. The molecule has 0 radical (unpaired) electrons. The average Bonchev–Trinajstić information content (AvgIpc) is 2.12. The molecule has 1 heterocycles. The summed E-state index contributed by atoms with van der Waals surface area (Å²) >= 11 is 0. The molecule has 0 aliphatic rings. The molecular weight excluding hydrogens is 106 g/mol. The fourth-order valence-corrected chi connectivity index (χ4v) is 0.386. The highest BCUT2D eigenvalue weighted by Crippen LogP contribution is 1.93. The number of hydrogen-bond acceptors (Lipinski definition) is 3. The molecule has 0 amide bonds. The molecule has 8 heavy (non-hydrogen) atoms. The number of Topliss-reactive ketones (excluding diaryl/α,β-unsaturated/α-hetero) is 1. The van der Waals surface area contributed by atoms with Crippen molar-refractivity contribution in [1.29, 1.82) is 0 Å². The molecule has 0 atom stereocenters. The molecule has 3 nitrogen and oxygen atoms in total. The van der Waals surface area contributed by atoms with E-state index in [1.165, 1.54) is 19.6 Å². The predicted octanol–water partition coefficient (Wildman–Crippen LogP) is 0.877. The number of hydrogen-bond donors (Lipinski definition) is 0. The molecule has 0 bridgehead atoms. The van der Waals surface area contributed by atoms with Crippen LogP contribution in [0.2, 0.25) is 0 Å². The SMILES string of the molecule is CC(=O)c1cocn1. The second-order valence-corrected chi connectivity index (χ2v) is 1.43. The molecule has 1 aromatic heterocycles. The van der Waals surface area contributed by atoms with Gasteiger partial charge in [0.05, 0.1) is 0 Å². The Bertz CT molecular complexity index is 178. The van der Waals surface area contributed by atoms with Gasteiger partial charge in [-0.1, -0.05) is 0 Å². The van der Waals surface area contributed by atoms with E-state index < -0.39 is 0 Å². The van der Waals surface area contributed by atoms with Gasteiger partial charge in [-0.3, -0.25) is 4.79 Å². The van der Waals surface area contributed by atoms with Crippen molar-refractivity contribution >= 4 is 5.78 Å². The van der Waals surface area contributed by atoms with Gasteiger partial charge in [-0.05, 0) is 0 Å². The maximum atomic E-state index is 10.4. The molecule has 42 valence electrons. The van der Waals surface area contributed by atoms with Gasteiger partial charge in [-0.25, -0.2) is 4.98 Å². The molecule has 0 saturated heterocycles. The normalized spacial score (nSPS) is 9.12. The lowest BCUT2D eigenvalue weighted by atomic mass is 10.4. The smallest absolute Gasteiger partial charge is 0.181 e. The van der Waals surface area contributed by atoms with Crippen LogP contribution in [0.15, 0.2) is 17.1 Å². The number of ketones is 1. The van der Waals surface area contributed by atoms with Gasteiger partial charge in [0, 0.05) is 6.92 Å². The molecule has 0 saturated carbocycles. The standard InChI is InChI=1S/C5H5NO2/c1-4(7)5-2-8-3-6-5/h2-3H,1H3. The van der Waals surface area contributed by atoms with Crippen molar-refractivity contribution < 1.29 is 9.21 Å². The minimum atomic E-state index is -0.0706. The highest BCUT2D eigenvalue weighted by Gasteiger charge is 1.98. The molecule has 0 aliphatic carbocycles. The summed E-state index contributed by atoms with van der Waals surface area (Å²) in [5.41, 5.74) is 0.380. The van der Waals surface area contributed by atoms with Crippen molar-refractivity contribution in [3.8, 4) is 0 Å². The fraction of sp³-hybridized carbons (Fsp3) is 0.200. The minimum Gasteiger partial charge on any atom is -0.451 e. The molecule has 0 N–H and O–H groups in total. The van der Waals surface area contributed by atoms with Crippen LogP contribution in [0, 0.1) is 0 Å². The van der Waals surface area contributed by atoms with Crippen LogP contribution in [0.25, 0.3) is 0 Å². The molecule has 0 spiro atoms. The van der Waals surface area contributed by atoms with Gasteiger partial charge in [0.1, 0.15) is 12.0 Å².